The van der Waals surface area contributed by atoms with Crippen LogP contribution in [-0.2, 0) is 27.9 Å². The predicted octanol–water partition coefficient (Wildman–Crippen LogP) is -1.23. The Morgan fingerprint density at radius 3 is 2.67 bits per heavy atom. The van der Waals surface area contributed by atoms with Crippen LogP contribution in [0.3, 0.4) is 0 Å². The van der Waals surface area contributed by atoms with E-state index in [1.54, 1.807) is 0 Å². The number of aliphatic hydroxyl groups is 2. The molecule has 0 spiro atoms. The standard InChI is InChI=1S/C15H23FN3O10P/c1-8(10(21)26-3)18-30(25,27-4)28-7-15(16)11(22)14(2,24)12(29-15)19-6-5-9(20)17-13(19)23/h5-6,8,11-12,22,24H,7H2,1-4H3,(H,18,25)(H,17,20,23)/t8-,11-,12+,14+,15+,30?/m0/s1. The van der Waals surface area contributed by atoms with E-state index < -0.39 is 61.4 Å². The summed E-state index contributed by atoms with van der Waals surface area (Å²) < 4.78 is 47.7. The number of alkyl halides is 1. The molecule has 0 bridgehead atoms. The van der Waals surface area contributed by atoms with Crippen LogP contribution in [0.5, 0.6) is 0 Å². The van der Waals surface area contributed by atoms with E-state index >= 15 is 4.39 Å². The highest BCUT2D eigenvalue weighted by Crippen LogP contribution is 2.49. The number of carbonyl (C=O) groups excluding carboxylic acids is 1. The molecule has 1 aliphatic rings. The van der Waals surface area contributed by atoms with Crippen molar-refractivity contribution >= 4 is 13.7 Å². The van der Waals surface area contributed by atoms with Gasteiger partial charge in [-0.25, -0.2) is 18.8 Å². The summed E-state index contributed by atoms with van der Waals surface area (Å²) in [4.78, 5) is 36.6. The van der Waals surface area contributed by atoms with Gasteiger partial charge in [0.15, 0.2) is 6.23 Å². The number of ether oxygens (including phenoxy) is 2. The van der Waals surface area contributed by atoms with E-state index in [2.05, 4.69) is 9.82 Å². The predicted molar refractivity (Wildman–Crippen MR) is 97.1 cm³/mol. The lowest BCUT2D eigenvalue weighted by molar-refractivity contribution is -0.204. The number of hydrogen-bond acceptors (Lipinski definition) is 10. The minimum Gasteiger partial charge on any atom is -0.468 e. The van der Waals surface area contributed by atoms with Crippen LogP contribution in [0, 0.1) is 0 Å². The van der Waals surface area contributed by atoms with Gasteiger partial charge in [0.1, 0.15) is 24.4 Å². The van der Waals surface area contributed by atoms with E-state index in [9.17, 15) is 29.2 Å². The van der Waals surface area contributed by atoms with Gasteiger partial charge in [-0.3, -0.25) is 23.7 Å². The average Bonchev–Trinajstić information content (AvgIpc) is 2.86. The summed E-state index contributed by atoms with van der Waals surface area (Å²) in [6.45, 7) is 1.07. The molecule has 170 valence electrons. The van der Waals surface area contributed by atoms with Crippen LogP contribution >= 0.6 is 7.75 Å². The van der Waals surface area contributed by atoms with Crippen molar-refractivity contribution in [1.82, 2.24) is 14.6 Å². The topological polar surface area (TPSA) is 178 Å². The smallest absolute Gasteiger partial charge is 0.406 e. The third-order valence-electron chi connectivity index (χ3n) is 4.45. The molecule has 1 aromatic heterocycles. The van der Waals surface area contributed by atoms with Gasteiger partial charge >= 0.3 is 19.4 Å². The van der Waals surface area contributed by atoms with Crippen molar-refractivity contribution < 1.29 is 42.5 Å². The first-order chi connectivity index (χ1) is 13.8. The van der Waals surface area contributed by atoms with Crippen LogP contribution in [0.2, 0.25) is 0 Å². The third-order valence-corrected chi connectivity index (χ3v) is 6.10. The number of hydrogen-bond donors (Lipinski definition) is 4. The zero-order valence-corrected chi connectivity index (χ0v) is 17.4. The first-order valence-electron chi connectivity index (χ1n) is 8.54. The Morgan fingerprint density at radius 1 is 1.50 bits per heavy atom. The second kappa shape index (κ2) is 8.67. The van der Waals surface area contributed by atoms with E-state index in [0.29, 0.717) is 4.57 Å². The number of aromatic nitrogens is 2. The molecule has 15 heteroatoms. The van der Waals surface area contributed by atoms with Crippen LogP contribution in [0.25, 0.3) is 0 Å². The SMILES string of the molecule is COC(=O)[C@H](C)NP(=O)(OC)OC[C@@]1(F)O[C@@H](n2ccc(=O)[nH]c2=O)[C@](C)(O)[C@@H]1O. The molecule has 30 heavy (non-hydrogen) atoms. The van der Waals surface area contributed by atoms with E-state index in [4.69, 9.17) is 13.8 Å². The van der Waals surface area contributed by atoms with Gasteiger partial charge in [0, 0.05) is 19.4 Å². The Kier molecular flexibility index (Phi) is 7.03. The average molecular weight is 455 g/mol. The second-order valence-electron chi connectivity index (χ2n) is 6.73. The number of halogens is 1. The fraction of sp³-hybridized carbons (Fsp3) is 0.667. The lowest BCUT2D eigenvalue weighted by Crippen LogP contribution is -2.50. The maximum atomic E-state index is 15.3. The normalized spacial score (nSPS) is 31.8. The highest BCUT2D eigenvalue weighted by atomic mass is 31.2. The Balaban J connectivity index is 2.24. The zero-order valence-electron chi connectivity index (χ0n) is 16.5. The van der Waals surface area contributed by atoms with E-state index in [1.807, 2.05) is 4.98 Å². The summed E-state index contributed by atoms with van der Waals surface area (Å²) in [6.07, 6.45) is -3.09. The molecule has 0 aromatic carbocycles. The van der Waals surface area contributed by atoms with Crippen molar-refractivity contribution in [3.05, 3.63) is 33.1 Å². The van der Waals surface area contributed by atoms with Gasteiger partial charge < -0.3 is 24.2 Å². The highest BCUT2D eigenvalue weighted by molar-refractivity contribution is 7.51. The van der Waals surface area contributed by atoms with Gasteiger partial charge in [-0.2, -0.15) is 0 Å². The molecule has 13 nitrogen and oxygen atoms in total. The number of methoxy groups -OCH3 is 1. The van der Waals surface area contributed by atoms with Crippen molar-refractivity contribution in [2.24, 2.45) is 0 Å². The Labute approximate surface area is 169 Å². The van der Waals surface area contributed by atoms with Crippen LogP contribution in [-0.4, -0.2) is 70.2 Å². The summed E-state index contributed by atoms with van der Waals surface area (Å²) in [5.41, 5.74) is -4.12. The van der Waals surface area contributed by atoms with Gasteiger partial charge in [-0.1, -0.05) is 0 Å². The summed E-state index contributed by atoms with van der Waals surface area (Å²) in [7, 11) is -2.21. The number of aromatic amines is 1. The van der Waals surface area contributed by atoms with Gasteiger partial charge in [0.2, 0.25) is 0 Å². The number of carbonyl (C=O) groups is 1. The number of nitrogens with one attached hydrogen (secondary N) is 2. The maximum Gasteiger partial charge on any atom is 0.406 e. The van der Waals surface area contributed by atoms with E-state index in [1.165, 1.54) is 6.92 Å². The van der Waals surface area contributed by atoms with Crippen molar-refractivity contribution in [2.75, 3.05) is 20.8 Å². The third kappa shape index (κ3) is 4.70. The Morgan fingerprint density at radius 2 is 2.13 bits per heavy atom. The molecule has 1 unspecified atom stereocenters. The first-order valence-corrected chi connectivity index (χ1v) is 10.1. The molecule has 0 radical (unpaired) electrons. The molecule has 1 saturated heterocycles. The first kappa shape index (κ1) is 24.3. The quantitative estimate of drug-likeness (QED) is 0.272. The fourth-order valence-electron chi connectivity index (χ4n) is 2.79. The molecule has 6 atom stereocenters. The molecule has 0 amide bonds. The molecule has 1 fully saturated rings. The zero-order chi connectivity index (χ0) is 22.9. The molecule has 1 aliphatic heterocycles. The van der Waals surface area contributed by atoms with Crippen molar-refractivity contribution in [3.8, 4) is 0 Å². The van der Waals surface area contributed by atoms with Crippen molar-refractivity contribution in [2.45, 2.75) is 43.7 Å². The molecule has 0 aliphatic carbocycles. The minimum atomic E-state index is -4.27. The van der Waals surface area contributed by atoms with Gasteiger partial charge in [0.05, 0.1) is 7.11 Å². The number of esters is 1. The molecule has 1 aromatic rings. The summed E-state index contributed by atoms with van der Waals surface area (Å²) in [6, 6.07) is -0.222. The molecular weight excluding hydrogens is 432 g/mol. The molecular formula is C15H23FN3O10P. The van der Waals surface area contributed by atoms with Crippen LogP contribution in [0.4, 0.5) is 4.39 Å². The lowest BCUT2D eigenvalue weighted by Gasteiger charge is -2.28. The molecule has 2 rings (SSSR count). The number of rotatable bonds is 8. The van der Waals surface area contributed by atoms with Crippen LogP contribution < -0.4 is 16.3 Å². The van der Waals surface area contributed by atoms with Crippen LogP contribution in [0.1, 0.15) is 20.1 Å². The molecule has 4 N–H and O–H groups in total. The van der Waals surface area contributed by atoms with Gasteiger partial charge in [-0.15, -0.1) is 0 Å². The van der Waals surface area contributed by atoms with Gasteiger partial charge in [0.25, 0.3) is 11.4 Å². The highest BCUT2D eigenvalue weighted by Gasteiger charge is 2.63. The summed E-state index contributed by atoms with van der Waals surface area (Å²) in [5, 5.41) is 23.0. The van der Waals surface area contributed by atoms with Crippen LogP contribution in [0.15, 0.2) is 21.9 Å². The van der Waals surface area contributed by atoms with Crippen molar-refractivity contribution in [3.63, 3.8) is 0 Å². The lowest BCUT2D eigenvalue weighted by atomic mass is 9.95. The molecule has 2 heterocycles. The van der Waals surface area contributed by atoms with E-state index in [0.717, 1.165) is 33.4 Å². The number of nitrogens with zero attached hydrogens (tertiary/aromatic N) is 1. The summed E-state index contributed by atoms with van der Waals surface area (Å²) >= 11 is 0. The Bertz CT molecular complexity index is 949. The minimum absolute atomic E-state index is 0.666. The maximum absolute atomic E-state index is 15.3. The monoisotopic (exact) mass is 455 g/mol. The molecule has 0 saturated carbocycles. The largest absolute Gasteiger partial charge is 0.468 e. The van der Waals surface area contributed by atoms with Gasteiger partial charge in [-0.05, 0) is 13.8 Å². The number of aliphatic hydroxyl groups excluding tert-OH is 1. The number of H-pyrrole nitrogens is 1. The Hall–Kier alpha value is -1.93. The summed E-state index contributed by atoms with van der Waals surface area (Å²) in [5.74, 6) is -3.95. The second-order valence-corrected chi connectivity index (χ2v) is 8.61. The van der Waals surface area contributed by atoms with Crippen molar-refractivity contribution in [1.29, 1.82) is 0 Å². The fourth-order valence-corrected chi connectivity index (χ4v) is 4.00. The van der Waals surface area contributed by atoms with E-state index in [-0.39, 0.29) is 0 Å².